The highest BCUT2D eigenvalue weighted by Crippen LogP contribution is 2.24. The van der Waals surface area contributed by atoms with E-state index in [1.165, 1.54) is 0 Å². The first-order valence-corrected chi connectivity index (χ1v) is 7.95. The highest BCUT2D eigenvalue weighted by Gasteiger charge is 2.06. The number of guanidine groups is 1. The van der Waals surface area contributed by atoms with Crippen LogP contribution < -0.4 is 20.1 Å². The van der Waals surface area contributed by atoms with E-state index in [2.05, 4.69) is 15.6 Å². The summed E-state index contributed by atoms with van der Waals surface area (Å²) in [5.74, 6) is 1.98. The summed E-state index contributed by atoms with van der Waals surface area (Å²) in [6, 6.07) is 5.67. The lowest BCUT2D eigenvalue weighted by molar-refractivity contribution is -0.143. The minimum Gasteiger partial charge on any atom is -0.497 e. The van der Waals surface area contributed by atoms with E-state index in [1.54, 1.807) is 28.2 Å². The van der Waals surface area contributed by atoms with Gasteiger partial charge >= 0.3 is 5.97 Å². The number of aliphatic imine (C=N–C) groups is 1. The minimum absolute atomic E-state index is 0.176. The van der Waals surface area contributed by atoms with Crippen molar-refractivity contribution in [1.82, 2.24) is 10.6 Å². The van der Waals surface area contributed by atoms with E-state index >= 15 is 0 Å². The third kappa shape index (κ3) is 6.76. The topological polar surface area (TPSA) is 81.2 Å². The van der Waals surface area contributed by atoms with Crippen molar-refractivity contribution in [2.75, 3.05) is 34.4 Å². The highest BCUT2D eigenvalue weighted by molar-refractivity contribution is 5.79. The number of ether oxygens (including phenoxy) is 3. The fraction of sp³-hybridized carbons (Fsp3) is 0.529. The molecule has 0 aliphatic carbocycles. The molecule has 1 aromatic rings. The molecular formula is C17H27N3O4. The smallest absolute Gasteiger partial charge is 0.305 e. The van der Waals surface area contributed by atoms with Gasteiger partial charge in [-0.25, -0.2) is 0 Å². The molecule has 1 aromatic carbocycles. The molecule has 24 heavy (non-hydrogen) atoms. The average Bonchev–Trinajstić information content (AvgIpc) is 2.61. The van der Waals surface area contributed by atoms with Crippen LogP contribution in [0.25, 0.3) is 0 Å². The number of benzene rings is 1. The summed E-state index contributed by atoms with van der Waals surface area (Å²) in [5, 5.41) is 6.38. The van der Waals surface area contributed by atoms with Gasteiger partial charge in [0.05, 0.1) is 20.8 Å². The lowest BCUT2D eigenvalue weighted by Gasteiger charge is -2.14. The summed E-state index contributed by atoms with van der Waals surface area (Å²) in [4.78, 5) is 15.4. The second-order valence-electron chi connectivity index (χ2n) is 4.94. The Morgan fingerprint density at radius 1 is 1.21 bits per heavy atom. The standard InChI is InChI=1S/C17H27N3O4/c1-5-24-16(21)7-6-10-19-17(18-2)20-12-13-8-9-14(22-3)11-15(13)23-4/h8-9,11H,5-7,10,12H2,1-4H3,(H2,18,19,20). The van der Waals surface area contributed by atoms with E-state index in [0.29, 0.717) is 38.5 Å². The Kier molecular flexibility index (Phi) is 9.11. The summed E-state index contributed by atoms with van der Waals surface area (Å²) in [7, 11) is 4.95. The molecule has 0 amide bonds. The van der Waals surface area contributed by atoms with Gasteiger partial charge in [-0.15, -0.1) is 0 Å². The van der Waals surface area contributed by atoms with Crippen molar-refractivity contribution in [3.05, 3.63) is 23.8 Å². The first-order valence-electron chi connectivity index (χ1n) is 7.95. The Bertz CT molecular complexity index is 547. The Hall–Kier alpha value is -2.44. The number of methoxy groups -OCH3 is 2. The SMILES string of the molecule is CCOC(=O)CCCNC(=NC)NCc1ccc(OC)cc1OC. The monoisotopic (exact) mass is 337 g/mol. The third-order valence-corrected chi connectivity index (χ3v) is 3.32. The lowest BCUT2D eigenvalue weighted by Crippen LogP contribution is -2.37. The fourth-order valence-corrected chi connectivity index (χ4v) is 2.07. The molecule has 0 aliphatic rings. The van der Waals surface area contributed by atoms with Gasteiger partial charge < -0.3 is 24.8 Å². The molecule has 134 valence electrons. The number of carbonyl (C=O) groups is 1. The summed E-state index contributed by atoms with van der Waals surface area (Å²) in [6.07, 6.45) is 1.08. The molecule has 0 aromatic heterocycles. The molecule has 0 bridgehead atoms. The molecule has 0 spiro atoms. The molecule has 7 nitrogen and oxygen atoms in total. The van der Waals surface area contributed by atoms with Crippen molar-refractivity contribution in [2.24, 2.45) is 4.99 Å². The van der Waals surface area contributed by atoms with E-state index < -0.39 is 0 Å². The highest BCUT2D eigenvalue weighted by atomic mass is 16.5. The number of esters is 1. The third-order valence-electron chi connectivity index (χ3n) is 3.32. The van der Waals surface area contributed by atoms with E-state index in [4.69, 9.17) is 14.2 Å². The van der Waals surface area contributed by atoms with Crippen molar-refractivity contribution in [3.8, 4) is 11.5 Å². The largest absolute Gasteiger partial charge is 0.497 e. The number of carbonyl (C=O) groups excluding carboxylic acids is 1. The van der Waals surface area contributed by atoms with Gasteiger partial charge in [-0.1, -0.05) is 0 Å². The van der Waals surface area contributed by atoms with Crippen molar-refractivity contribution < 1.29 is 19.0 Å². The van der Waals surface area contributed by atoms with Crippen LogP contribution in [0.15, 0.2) is 23.2 Å². The predicted octanol–water partition coefficient (Wildman–Crippen LogP) is 1.71. The zero-order valence-electron chi connectivity index (χ0n) is 14.8. The molecule has 0 fully saturated rings. The molecule has 1 rings (SSSR count). The van der Waals surface area contributed by atoms with Gasteiger partial charge in [0.15, 0.2) is 5.96 Å². The molecule has 0 heterocycles. The lowest BCUT2D eigenvalue weighted by atomic mass is 10.2. The van der Waals surface area contributed by atoms with Gasteiger partial charge in [0.2, 0.25) is 0 Å². The molecule has 0 radical (unpaired) electrons. The first-order chi connectivity index (χ1) is 11.6. The van der Waals surface area contributed by atoms with E-state index in [9.17, 15) is 4.79 Å². The normalized spacial score (nSPS) is 10.9. The number of hydrogen-bond donors (Lipinski definition) is 2. The van der Waals surface area contributed by atoms with Crippen LogP contribution in [0.2, 0.25) is 0 Å². The van der Waals surface area contributed by atoms with E-state index in [0.717, 1.165) is 17.1 Å². The maximum Gasteiger partial charge on any atom is 0.305 e. The van der Waals surface area contributed by atoms with Gasteiger partial charge in [-0.3, -0.25) is 9.79 Å². The average molecular weight is 337 g/mol. The Morgan fingerprint density at radius 3 is 2.62 bits per heavy atom. The summed E-state index contributed by atoms with van der Waals surface area (Å²) < 4.78 is 15.4. The molecule has 0 aliphatic heterocycles. The summed E-state index contributed by atoms with van der Waals surface area (Å²) in [5.41, 5.74) is 0.993. The van der Waals surface area contributed by atoms with Gasteiger partial charge in [-0.2, -0.15) is 0 Å². The van der Waals surface area contributed by atoms with Crippen LogP contribution in [-0.4, -0.2) is 46.3 Å². The number of rotatable bonds is 9. The van der Waals surface area contributed by atoms with Crippen LogP contribution >= 0.6 is 0 Å². The zero-order valence-corrected chi connectivity index (χ0v) is 14.8. The zero-order chi connectivity index (χ0) is 17.8. The maximum atomic E-state index is 11.3. The molecule has 0 saturated carbocycles. The van der Waals surface area contributed by atoms with E-state index in [-0.39, 0.29) is 5.97 Å². The first kappa shape index (κ1) is 19.6. The van der Waals surface area contributed by atoms with Crippen LogP contribution in [0.1, 0.15) is 25.3 Å². The maximum absolute atomic E-state index is 11.3. The summed E-state index contributed by atoms with van der Waals surface area (Å²) in [6.45, 7) is 3.41. The van der Waals surface area contributed by atoms with Crippen molar-refractivity contribution in [3.63, 3.8) is 0 Å². The number of nitrogens with zero attached hydrogens (tertiary/aromatic N) is 1. The second-order valence-corrected chi connectivity index (χ2v) is 4.94. The quantitative estimate of drug-likeness (QED) is 0.309. The Balaban J connectivity index is 2.43. The van der Waals surface area contributed by atoms with Crippen LogP contribution in [0, 0.1) is 0 Å². The van der Waals surface area contributed by atoms with Crippen molar-refractivity contribution >= 4 is 11.9 Å². The van der Waals surface area contributed by atoms with Gasteiger partial charge in [0.25, 0.3) is 0 Å². The van der Waals surface area contributed by atoms with Gasteiger partial charge in [0, 0.05) is 38.2 Å². The van der Waals surface area contributed by atoms with Gasteiger partial charge in [-0.05, 0) is 25.5 Å². The summed E-state index contributed by atoms with van der Waals surface area (Å²) >= 11 is 0. The Labute approximate surface area is 143 Å². The van der Waals surface area contributed by atoms with Crippen LogP contribution in [0.5, 0.6) is 11.5 Å². The number of nitrogens with one attached hydrogen (secondary N) is 2. The molecule has 0 saturated heterocycles. The second kappa shape index (κ2) is 11.2. The predicted molar refractivity (Wildman–Crippen MR) is 93.6 cm³/mol. The van der Waals surface area contributed by atoms with Crippen LogP contribution in [0.3, 0.4) is 0 Å². The molecule has 0 atom stereocenters. The molecule has 7 heteroatoms. The minimum atomic E-state index is -0.176. The Morgan fingerprint density at radius 2 is 2.00 bits per heavy atom. The molecular weight excluding hydrogens is 310 g/mol. The molecule has 2 N–H and O–H groups in total. The van der Waals surface area contributed by atoms with Crippen LogP contribution in [0.4, 0.5) is 0 Å². The van der Waals surface area contributed by atoms with Gasteiger partial charge in [0.1, 0.15) is 11.5 Å². The fourth-order valence-electron chi connectivity index (χ4n) is 2.07. The number of hydrogen-bond acceptors (Lipinski definition) is 5. The van der Waals surface area contributed by atoms with Crippen molar-refractivity contribution in [2.45, 2.75) is 26.3 Å². The van der Waals surface area contributed by atoms with E-state index in [1.807, 2.05) is 18.2 Å². The van der Waals surface area contributed by atoms with Crippen LogP contribution in [-0.2, 0) is 16.1 Å². The molecule has 0 unspecified atom stereocenters. The van der Waals surface area contributed by atoms with Crippen molar-refractivity contribution in [1.29, 1.82) is 0 Å².